The molecule has 0 aromatic heterocycles. The van der Waals surface area contributed by atoms with Crippen LogP contribution in [0.5, 0.6) is 5.75 Å². The van der Waals surface area contributed by atoms with Crippen molar-refractivity contribution in [2.24, 2.45) is 0 Å². The lowest BCUT2D eigenvalue weighted by molar-refractivity contribution is -0.136. The Kier molecular flexibility index (Phi) is 5.89. The number of ketones is 1. The number of benzene rings is 2. The molecule has 1 amide bonds. The van der Waals surface area contributed by atoms with Gasteiger partial charge >= 0.3 is 5.97 Å². The number of fused-ring (bicyclic) bond motifs is 1. The Bertz CT molecular complexity index is 948. The largest absolute Gasteiger partial charge is 0.493 e. The summed E-state index contributed by atoms with van der Waals surface area (Å²) in [6.45, 7) is 2.04. The van der Waals surface area contributed by atoms with Crippen molar-refractivity contribution in [1.29, 1.82) is 0 Å². The molecule has 144 valence electrons. The van der Waals surface area contributed by atoms with Gasteiger partial charge in [0.2, 0.25) is 5.91 Å². The van der Waals surface area contributed by atoms with Gasteiger partial charge in [0.15, 0.2) is 12.4 Å². The quantitative estimate of drug-likeness (QED) is 0.420. The third kappa shape index (κ3) is 4.28. The average Bonchev–Trinajstić information content (AvgIpc) is 2.99. The molecule has 0 fully saturated rings. The van der Waals surface area contributed by atoms with E-state index < -0.39 is 5.97 Å². The number of ether oxygens (including phenoxy) is 2. The highest BCUT2D eigenvalue weighted by molar-refractivity contribution is 6.04. The van der Waals surface area contributed by atoms with E-state index in [9.17, 15) is 14.4 Å². The number of carbonyl (C=O) groups is 3. The lowest BCUT2D eigenvalue weighted by Gasteiger charge is -2.10. The number of hydrogen-bond donors (Lipinski definition) is 0. The first-order valence-corrected chi connectivity index (χ1v) is 8.99. The van der Waals surface area contributed by atoms with Crippen molar-refractivity contribution >= 4 is 29.4 Å². The first-order chi connectivity index (χ1) is 13.5. The summed E-state index contributed by atoms with van der Waals surface area (Å²) in [7, 11) is 1.70. The van der Waals surface area contributed by atoms with Crippen LogP contribution in [-0.2, 0) is 20.7 Å². The van der Waals surface area contributed by atoms with Gasteiger partial charge in [-0.2, -0.15) is 0 Å². The van der Waals surface area contributed by atoms with Gasteiger partial charge in [-0.25, -0.2) is 4.79 Å². The molecule has 0 atom stereocenters. The number of nitrogens with zero attached hydrogens (tertiary/aromatic N) is 1. The van der Waals surface area contributed by atoms with E-state index in [0.29, 0.717) is 17.9 Å². The van der Waals surface area contributed by atoms with E-state index >= 15 is 0 Å². The highest BCUT2D eigenvalue weighted by Gasteiger charge is 2.24. The van der Waals surface area contributed by atoms with Crippen molar-refractivity contribution < 1.29 is 23.9 Å². The molecule has 0 saturated heterocycles. The van der Waals surface area contributed by atoms with Gasteiger partial charge in [0.05, 0.1) is 13.0 Å². The molecule has 6 nitrogen and oxygen atoms in total. The second-order valence-corrected chi connectivity index (χ2v) is 6.31. The van der Waals surface area contributed by atoms with Crippen LogP contribution in [0.4, 0.5) is 5.69 Å². The molecule has 1 aliphatic rings. The molecule has 6 heteroatoms. The number of anilines is 1. The van der Waals surface area contributed by atoms with Crippen LogP contribution < -0.4 is 9.64 Å². The van der Waals surface area contributed by atoms with E-state index in [-0.39, 0.29) is 24.7 Å². The van der Waals surface area contributed by atoms with Gasteiger partial charge in [0.1, 0.15) is 5.75 Å². The van der Waals surface area contributed by atoms with Crippen molar-refractivity contribution in [3.63, 3.8) is 0 Å². The Hall–Kier alpha value is -3.41. The third-order valence-electron chi connectivity index (χ3n) is 4.44. The van der Waals surface area contributed by atoms with Gasteiger partial charge in [-0.15, -0.1) is 0 Å². The van der Waals surface area contributed by atoms with Gasteiger partial charge in [-0.1, -0.05) is 18.2 Å². The molecule has 2 aromatic rings. The molecule has 0 spiro atoms. The number of para-hydroxylation sites is 1. The van der Waals surface area contributed by atoms with Gasteiger partial charge in [0.25, 0.3) is 0 Å². The number of esters is 1. The molecule has 28 heavy (non-hydrogen) atoms. The van der Waals surface area contributed by atoms with Crippen LogP contribution in [-0.4, -0.2) is 37.9 Å². The minimum Gasteiger partial charge on any atom is -0.493 e. The lowest BCUT2D eigenvalue weighted by Crippen LogP contribution is -2.20. The van der Waals surface area contributed by atoms with E-state index in [1.807, 2.05) is 31.2 Å². The molecular weight excluding hydrogens is 358 g/mol. The number of amides is 1. The van der Waals surface area contributed by atoms with Crippen molar-refractivity contribution in [1.82, 2.24) is 0 Å². The highest BCUT2D eigenvalue weighted by atomic mass is 16.5. The summed E-state index contributed by atoms with van der Waals surface area (Å²) >= 11 is 0. The fourth-order valence-electron chi connectivity index (χ4n) is 2.97. The Balaban J connectivity index is 1.59. The lowest BCUT2D eigenvalue weighted by atomic mass is 10.1. The first-order valence-electron chi connectivity index (χ1n) is 8.99. The Morgan fingerprint density at radius 2 is 1.96 bits per heavy atom. The summed E-state index contributed by atoms with van der Waals surface area (Å²) in [5.41, 5.74) is 2.77. The number of carbonyl (C=O) groups excluding carboxylic acids is 3. The summed E-state index contributed by atoms with van der Waals surface area (Å²) in [4.78, 5) is 37.5. The molecule has 2 aromatic carbocycles. The molecule has 3 rings (SSSR count). The zero-order valence-corrected chi connectivity index (χ0v) is 15.8. The normalized spacial score (nSPS) is 12.9. The third-order valence-corrected chi connectivity index (χ3v) is 4.44. The molecule has 1 heterocycles. The Morgan fingerprint density at radius 1 is 1.18 bits per heavy atom. The predicted molar refractivity (Wildman–Crippen MR) is 105 cm³/mol. The van der Waals surface area contributed by atoms with Gasteiger partial charge < -0.3 is 14.4 Å². The SMILES string of the molecule is CCOc1ccccc1/C=C/C(=O)OCC(=O)c1ccc2c(c1)CC(=O)N2C. The molecule has 0 bridgehead atoms. The van der Waals surface area contributed by atoms with Gasteiger partial charge in [-0.3, -0.25) is 9.59 Å². The van der Waals surface area contributed by atoms with Gasteiger partial charge in [-0.05, 0) is 42.8 Å². The number of rotatable bonds is 7. The van der Waals surface area contributed by atoms with Crippen LogP contribution in [0.1, 0.15) is 28.4 Å². The number of Topliss-reactive ketones (excluding diaryl/α,β-unsaturated/α-hetero) is 1. The second-order valence-electron chi connectivity index (χ2n) is 6.31. The summed E-state index contributed by atoms with van der Waals surface area (Å²) in [6.07, 6.45) is 3.13. The first kappa shape index (κ1) is 19.4. The minimum atomic E-state index is -0.615. The molecule has 0 aliphatic carbocycles. The molecule has 0 saturated carbocycles. The fourth-order valence-corrected chi connectivity index (χ4v) is 2.97. The Labute approximate surface area is 163 Å². The van der Waals surface area contributed by atoms with E-state index in [2.05, 4.69) is 0 Å². The minimum absolute atomic E-state index is 0.0107. The van der Waals surface area contributed by atoms with E-state index in [4.69, 9.17) is 9.47 Å². The zero-order valence-electron chi connectivity index (χ0n) is 15.8. The van der Waals surface area contributed by atoms with Crippen molar-refractivity contribution in [3.05, 3.63) is 65.2 Å². The summed E-state index contributed by atoms with van der Waals surface area (Å²) in [5, 5.41) is 0. The van der Waals surface area contributed by atoms with E-state index in [1.165, 1.54) is 6.08 Å². The molecule has 0 unspecified atom stereocenters. The number of hydrogen-bond acceptors (Lipinski definition) is 5. The van der Waals surface area contributed by atoms with Crippen LogP contribution >= 0.6 is 0 Å². The topological polar surface area (TPSA) is 72.9 Å². The standard InChI is InChI=1S/C22H21NO5/c1-3-27-20-7-5-4-6-15(20)9-11-22(26)28-14-19(24)16-8-10-18-17(12-16)13-21(25)23(18)2/h4-12H,3,13-14H2,1-2H3/b11-9+. The highest BCUT2D eigenvalue weighted by Crippen LogP contribution is 2.28. The summed E-state index contributed by atoms with van der Waals surface area (Å²) in [5.74, 6) is -0.275. The van der Waals surface area contributed by atoms with Crippen molar-refractivity contribution in [2.75, 3.05) is 25.2 Å². The Morgan fingerprint density at radius 3 is 2.75 bits per heavy atom. The van der Waals surface area contributed by atoms with Crippen LogP contribution in [0.3, 0.4) is 0 Å². The van der Waals surface area contributed by atoms with E-state index in [0.717, 1.165) is 16.8 Å². The van der Waals surface area contributed by atoms with Crippen LogP contribution in [0.25, 0.3) is 6.08 Å². The maximum atomic E-state index is 12.3. The van der Waals surface area contributed by atoms with E-state index in [1.54, 1.807) is 36.2 Å². The maximum Gasteiger partial charge on any atom is 0.331 e. The predicted octanol–water partition coefficient (Wildman–Crippen LogP) is 3.04. The van der Waals surface area contributed by atoms with Crippen LogP contribution in [0.15, 0.2) is 48.5 Å². The molecule has 0 radical (unpaired) electrons. The second kappa shape index (κ2) is 8.52. The van der Waals surface area contributed by atoms with Gasteiger partial charge in [0, 0.05) is 29.9 Å². The average molecular weight is 379 g/mol. The monoisotopic (exact) mass is 379 g/mol. The number of likely N-dealkylation sites (N-methyl/N-ethyl adjacent to an activating group) is 1. The molecule has 1 aliphatic heterocycles. The smallest absolute Gasteiger partial charge is 0.331 e. The summed E-state index contributed by atoms with van der Waals surface area (Å²) < 4.78 is 10.5. The molecular formula is C22H21NO5. The van der Waals surface area contributed by atoms with Crippen LogP contribution in [0, 0.1) is 0 Å². The van der Waals surface area contributed by atoms with Crippen LogP contribution in [0.2, 0.25) is 0 Å². The van der Waals surface area contributed by atoms with Crippen molar-refractivity contribution in [3.8, 4) is 5.75 Å². The maximum absolute atomic E-state index is 12.3. The van der Waals surface area contributed by atoms with Crippen molar-refractivity contribution in [2.45, 2.75) is 13.3 Å². The molecule has 0 N–H and O–H groups in total. The zero-order chi connectivity index (χ0) is 20.1. The fraction of sp³-hybridized carbons (Fsp3) is 0.227. The summed E-state index contributed by atoms with van der Waals surface area (Å²) in [6, 6.07) is 12.4.